The summed E-state index contributed by atoms with van der Waals surface area (Å²) in [4.78, 5) is 0. The number of rotatable bonds is 10. The van der Waals surface area contributed by atoms with Crippen LogP contribution in [0, 0.1) is 17.2 Å². The van der Waals surface area contributed by atoms with Crippen LogP contribution in [-0.2, 0) is 0 Å². The molecule has 0 bridgehead atoms. The van der Waals surface area contributed by atoms with Crippen LogP contribution >= 0.6 is 0 Å². The highest BCUT2D eigenvalue weighted by Crippen LogP contribution is 2.08. The van der Waals surface area contributed by atoms with Gasteiger partial charge in [-0.25, -0.2) is 0 Å². The maximum Gasteiger partial charge on any atom is 0.0622 e. The summed E-state index contributed by atoms with van der Waals surface area (Å²) in [6.45, 7) is 6.69. The van der Waals surface area contributed by atoms with Crippen molar-refractivity contribution in [2.45, 2.75) is 58.8 Å². The van der Waals surface area contributed by atoms with Gasteiger partial charge in [0.15, 0.2) is 0 Å². The fourth-order valence-corrected chi connectivity index (χ4v) is 1.57. The normalized spacial score (nSPS) is 10.5. The standard InChI is InChI=1S/C13H26N2/c1-13(2)9-5-3-4-7-11-15-12-8-6-10-14/h13,15H,3-9,11-12H2,1-2H3. The molecule has 0 aromatic heterocycles. The quantitative estimate of drug-likeness (QED) is 0.560. The van der Waals surface area contributed by atoms with Crippen molar-refractivity contribution < 1.29 is 0 Å². The molecule has 0 saturated carbocycles. The zero-order valence-corrected chi connectivity index (χ0v) is 10.4. The summed E-state index contributed by atoms with van der Waals surface area (Å²) in [6, 6.07) is 2.16. The molecule has 0 heterocycles. The van der Waals surface area contributed by atoms with Crippen molar-refractivity contribution in [1.29, 1.82) is 5.26 Å². The molecule has 0 saturated heterocycles. The maximum atomic E-state index is 8.33. The molecular formula is C13H26N2. The highest BCUT2D eigenvalue weighted by atomic mass is 14.8. The van der Waals surface area contributed by atoms with Crippen molar-refractivity contribution in [3.05, 3.63) is 0 Å². The van der Waals surface area contributed by atoms with Gasteiger partial charge in [0.05, 0.1) is 6.07 Å². The van der Waals surface area contributed by atoms with Crippen molar-refractivity contribution in [1.82, 2.24) is 5.32 Å². The van der Waals surface area contributed by atoms with E-state index in [4.69, 9.17) is 5.26 Å². The monoisotopic (exact) mass is 210 g/mol. The molecule has 0 rings (SSSR count). The van der Waals surface area contributed by atoms with Crippen molar-refractivity contribution >= 4 is 0 Å². The Bertz CT molecular complexity index is 158. The van der Waals surface area contributed by atoms with Crippen molar-refractivity contribution in [3.63, 3.8) is 0 Å². The summed E-state index contributed by atoms with van der Waals surface area (Å²) in [5.74, 6) is 0.856. The Balaban J connectivity index is 2.90. The molecule has 1 N–H and O–H groups in total. The molecule has 0 aromatic rings. The molecule has 0 fully saturated rings. The molecular weight excluding hydrogens is 184 g/mol. The Morgan fingerprint density at radius 1 is 1.00 bits per heavy atom. The molecule has 15 heavy (non-hydrogen) atoms. The second-order valence-corrected chi connectivity index (χ2v) is 4.61. The zero-order valence-electron chi connectivity index (χ0n) is 10.4. The Hall–Kier alpha value is -0.550. The SMILES string of the molecule is CC(C)CCCCCCNCCCC#N. The third-order valence-corrected chi connectivity index (χ3v) is 2.53. The third kappa shape index (κ3) is 13.4. The first-order valence-corrected chi connectivity index (χ1v) is 6.35. The number of nitrogens with one attached hydrogen (secondary N) is 1. The predicted molar refractivity (Wildman–Crippen MR) is 65.6 cm³/mol. The molecule has 0 aliphatic carbocycles. The molecule has 0 aliphatic rings. The Morgan fingerprint density at radius 3 is 2.33 bits per heavy atom. The second-order valence-electron chi connectivity index (χ2n) is 4.61. The van der Waals surface area contributed by atoms with Crippen molar-refractivity contribution in [2.75, 3.05) is 13.1 Å². The molecule has 2 heteroatoms. The third-order valence-electron chi connectivity index (χ3n) is 2.53. The van der Waals surface area contributed by atoms with Crippen molar-refractivity contribution in [3.8, 4) is 6.07 Å². The minimum absolute atomic E-state index is 0.682. The average Bonchev–Trinajstić information content (AvgIpc) is 2.20. The first-order chi connectivity index (χ1) is 7.27. The van der Waals surface area contributed by atoms with Crippen LogP contribution in [0.1, 0.15) is 58.8 Å². The highest BCUT2D eigenvalue weighted by Gasteiger charge is 1.94. The van der Waals surface area contributed by atoms with Gasteiger partial charge in [-0.2, -0.15) is 5.26 Å². The predicted octanol–water partition coefficient (Wildman–Crippen LogP) is 3.49. The van der Waals surface area contributed by atoms with E-state index in [-0.39, 0.29) is 0 Å². The Kier molecular flexibility index (Phi) is 11.1. The molecule has 0 atom stereocenters. The van der Waals surface area contributed by atoms with E-state index in [2.05, 4.69) is 25.2 Å². The lowest BCUT2D eigenvalue weighted by Crippen LogP contribution is -2.16. The lowest BCUT2D eigenvalue weighted by atomic mass is 10.0. The maximum absolute atomic E-state index is 8.33. The minimum Gasteiger partial charge on any atom is -0.317 e. The van der Waals surface area contributed by atoms with Crippen LogP contribution in [0.2, 0.25) is 0 Å². The first kappa shape index (κ1) is 14.5. The lowest BCUT2D eigenvalue weighted by Gasteiger charge is -2.05. The molecule has 0 aromatic carbocycles. The molecule has 0 aliphatic heterocycles. The minimum atomic E-state index is 0.682. The Morgan fingerprint density at radius 2 is 1.67 bits per heavy atom. The average molecular weight is 210 g/mol. The van der Waals surface area contributed by atoms with E-state index in [1.54, 1.807) is 0 Å². The summed E-state index contributed by atoms with van der Waals surface area (Å²) in [5, 5.41) is 11.7. The van der Waals surface area contributed by atoms with Gasteiger partial charge in [-0.3, -0.25) is 0 Å². The summed E-state index contributed by atoms with van der Waals surface area (Å²) < 4.78 is 0. The van der Waals surface area contributed by atoms with Crippen LogP contribution in [0.15, 0.2) is 0 Å². The molecule has 0 unspecified atom stereocenters. The smallest absolute Gasteiger partial charge is 0.0622 e. The van der Waals surface area contributed by atoms with Gasteiger partial charge in [-0.05, 0) is 31.8 Å². The van der Waals surface area contributed by atoms with Gasteiger partial charge < -0.3 is 5.32 Å². The largest absolute Gasteiger partial charge is 0.317 e. The second kappa shape index (κ2) is 11.5. The number of hydrogen-bond acceptors (Lipinski definition) is 2. The number of unbranched alkanes of at least 4 members (excludes halogenated alkanes) is 4. The number of hydrogen-bond donors (Lipinski definition) is 1. The summed E-state index contributed by atoms with van der Waals surface area (Å²) >= 11 is 0. The lowest BCUT2D eigenvalue weighted by molar-refractivity contribution is 0.511. The summed E-state index contributed by atoms with van der Waals surface area (Å²) in [7, 11) is 0. The zero-order chi connectivity index (χ0) is 11.4. The van der Waals surface area contributed by atoms with E-state index in [0.29, 0.717) is 6.42 Å². The molecule has 88 valence electrons. The van der Waals surface area contributed by atoms with E-state index in [1.807, 2.05) is 0 Å². The van der Waals surface area contributed by atoms with Crippen LogP contribution in [0.25, 0.3) is 0 Å². The van der Waals surface area contributed by atoms with E-state index < -0.39 is 0 Å². The fourth-order valence-electron chi connectivity index (χ4n) is 1.57. The molecule has 0 radical (unpaired) electrons. The van der Waals surface area contributed by atoms with Crippen LogP contribution in [0.3, 0.4) is 0 Å². The van der Waals surface area contributed by atoms with E-state index in [0.717, 1.165) is 25.4 Å². The van der Waals surface area contributed by atoms with Crippen molar-refractivity contribution in [2.24, 2.45) is 5.92 Å². The van der Waals surface area contributed by atoms with Gasteiger partial charge in [-0.15, -0.1) is 0 Å². The summed E-state index contributed by atoms with van der Waals surface area (Å²) in [6.07, 6.45) is 8.42. The van der Waals surface area contributed by atoms with Gasteiger partial charge in [0.2, 0.25) is 0 Å². The highest BCUT2D eigenvalue weighted by molar-refractivity contribution is 4.68. The first-order valence-electron chi connectivity index (χ1n) is 6.35. The topological polar surface area (TPSA) is 35.8 Å². The van der Waals surface area contributed by atoms with Crippen LogP contribution in [0.5, 0.6) is 0 Å². The van der Waals surface area contributed by atoms with Crippen LogP contribution < -0.4 is 5.32 Å². The van der Waals surface area contributed by atoms with Gasteiger partial charge in [0, 0.05) is 6.42 Å². The Labute approximate surface area is 95.1 Å². The molecule has 0 spiro atoms. The van der Waals surface area contributed by atoms with Gasteiger partial charge in [0.25, 0.3) is 0 Å². The van der Waals surface area contributed by atoms with Crippen LogP contribution in [-0.4, -0.2) is 13.1 Å². The summed E-state index contributed by atoms with van der Waals surface area (Å²) in [5.41, 5.74) is 0. The molecule has 2 nitrogen and oxygen atoms in total. The van der Waals surface area contributed by atoms with E-state index in [1.165, 1.54) is 32.1 Å². The van der Waals surface area contributed by atoms with E-state index >= 15 is 0 Å². The number of nitriles is 1. The van der Waals surface area contributed by atoms with Gasteiger partial charge in [0.1, 0.15) is 0 Å². The van der Waals surface area contributed by atoms with Crippen LogP contribution in [0.4, 0.5) is 0 Å². The van der Waals surface area contributed by atoms with E-state index in [9.17, 15) is 0 Å². The molecule has 0 amide bonds. The van der Waals surface area contributed by atoms with Gasteiger partial charge >= 0.3 is 0 Å². The van der Waals surface area contributed by atoms with Gasteiger partial charge in [-0.1, -0.05) is 39.5 Å². The number of nitrogens with zero attached hydrogens (tertiary/aromatic N) is 1. The fraction of sp³-hybridized carbons (Fsp3) is 0.923.